The van der Waals surface area contributed by atoms with Crippen LogP contribution >= 0.6 is 35.3 Å². The molecule has 0 bridgehead atoms. The highest BCUT2D eigenvalue weighted by Gasteiger charge is 2.31. The number of aryl methyl sites for hydroxylation is 2. The predicted molar refractivity (Wildman–Crippen MR) is 111 cm³/mol. The Morgan fingerprint density at radius 3 is 2.43 bits per heavy atom. The van der Waals surface area contributed by atoms with Crippen molar-refractivity contribution in [3.05, 3.63) is 15.6 Å². The highest BCUT2D eigenvalue weighted by Crippen LogP contribution is 2.40. The van der Waals surface area contributed by atoms with E-state index >= 15 is 0 Å². The second kappa shape index (κ2) is 9.81. The maximum absolute atomic E-state index is 4.71. The Labute approximate surface area is 162 Å². The van der Waals surface area contributed by atoms with Crippen molar-refractivity contribution in [2.75, 3.05) is 13.1 Å². The van der Waals surface area contributed by atoms with E-state index in [-0.39, 0.29) is 24.0 Å². The summed E-state index contributed by atoms with van der Waals surface area (Å²) in [6, 6.07) is 0. The zero-order valence-electron chi connectivity index (χ0n) is 14.9. The van der Waals surface area contributed by atoms with Gasteiger partial charge in [0, 0.05) is 18.0 Å². The molecule has 132 valence electrons. The molecule has 1 aliphatic carbocycles. The largest absolute Gasteiger partial charge is 0.357 e. The van der Waals surface area contributed by atoms with Gasteiger partial charge in [-0.3, -0.25) is 0 Å². The fourth-order valence-electron chi connectivity index (χ4n) is 3.15. The molecule has 2 N–H and O–H groups in total. The molecular formula is C17H31IN4S. The Kier molecular flexibility index (Phi) is 8.82. The summed E-state index contributed by atoms with van der Waals surface area (Å²) in [4.78, 5) is 10.6. The second-order valence-electron chi connectivity index (χ2n) is 6.36. The van der Waals surface area contributed by atoms with Crippen molar-refractivity contribution in [2.45, 2.75) is 66.3 Å². The number of aliphatic imine (C=N–C) groups is 1. The van der Waals surface area contributed by atoms with E-state index in [9.17, 15) is 0 Å². The molecule has 0 spiro atoms. The summed E-state index contributed by atoms with van der Waals surface area (Å²) in [5.41, 5.74) is 1.61. The van der Waals surface area contributed by atoms with Gasteiger partial charge < -0.3 is 10.6 Å². The van der Waals surface area contributed by atoms with Gasteiger partial charge in [0.05, 0.1) is 12.2 Å². The van der Waals surface area contributed by atoms with Gasteiger partial charge in [-0.15, -0.1) is 35.3 Å². The van der Waals surface area contributed by atoms with Gasteiger partial charge in [0.25, 0.3) is 0 Å². The van der Waals surface area contributed by atoms with E-state index in [1.54, 1.807) is 11.3 Å². The summed E-state index contributed by atoms with van der Waals surface area (Å²) in [5, 5.41) is 8.01. The zero-order valence-corrected chi connectivity index (χ0v) is 18.0. The minimum atomic E-state index is 0. The summed E-state index contributed by atoms with van der Waals surface area (Å²) >= 11 is 1.75. The van der Waals surface area contributed by atoms with Gasteiger partial charge in [0.2, 0.25) is 0 Å². The highest BCUT2D eigenvalue weighted by molar-refractivity contribution is 14.0. The lowest BCUT2D eigenvalue weighted by atomic mass is 9.83. The number of guanidine groups is 1. The van der Waals surface area contributed by atoms with E-state index < -0.39 is 0 Å². The van der Waals surface area contributed by atoms with Crippen LogP contribution in [-0.2, 0) is 6.54 Å². The standard InChI is InChI=1S/C17H30N4S.HI/c1-5-17(9-7-8-10-17)12-20-16(18-6-2)19-11-15-21-13(3)14(4)22-15;/h5-12H2,1-4H3,(H2,18,19,20);1H. The van der Waals surface area contributed by atoms with Crippen molar-refractivity contribution in [1.82, 2.24) is 15.6 Å². The maximum atomic E-state index is 4.71. The van der Waals surface area contributed by atoms with Crippen LogP contribution in [0.25, 0.3) is 0 Å². The molecule has 1 aromatic heterocycles. The molecule has 23 heavy (non-hydrogen) atoms. The molecule has 2 rings (SSSR count). The molecule has 0 aromatic carbocycles. The van der Waals surface area contributed by atoms with Crippen molar-refractivity contribution in [1.29, 1.82) is 0 Å². The fourth-order valence-corrected chi connectivity index (χ4v) is 4.01. The summed E-state index contributed by atoms with van der Waals surface area (Å²) in [5.74, 6) is 0.924. The van der Waals surface area contributed by atoms with Crippen LogP contribution in [0.15, 0.2) is 4.99 Å². The molecule has 0 amide bonds. The molecule has 4 nitrogen and oxygen atoms in total. The Hall–Kier alpha value is -0.370. The van der Waals surface area contributed by atoms with Gasteiger partial charge in [-0.05, 0) is 45.4 Å². The van der Waals surface area contributed by atoms with Crippen LogP contribution in [0.3, 0.4) is 0 Å². The normalized spacial score (nSPS) is 17.0. The molecule has 1 aliphatic rings. The number of rotatable bonds is 6. The van der Waals surface area contributed by atoms with E-state index in [0.717, 1.165) is 29.8 Å². The third-order valence-electron chi connectivity index (χ3n) is 4.83. The lowest BCUT2D eigenvalue weighted by molar-refractivity contribution is 0.283. The number of halogens is 1. The Morgan fingerprint density at radius 2 is 1.91 bits per heavy atom. The quantitative estimate of drug-likeness (QED) is 0.384. The fraction of sp³-hybridized carbons (Fsp3) is 0.765. The van der Waals surface area contributed by atoms with Crippen LogP contribution < -0.4 is 10.6 Å². The number of hydrogen-bond acceptors (Lipinski definition) is 3. The lowest BCUT2D eigenvalue weighted by Gasteiger charge is -2.28. The Morgan fingerprint density at radius 1 is 1.22 bits per heavy atom. The third-order valence-corrected chi connectivity index (χ3v) is 5.89. The monoisotopic (exact) mass is 450 g/mol. The molecule has 0 saturated heterocycles. The van der Waals surface area contributed by atoms with Gasteiger partial charge in [0.15, 0.2) is 5.96 Å². The number of thiazole rings is 1. The maximum Gasteiger partial charge on any atom is 0.191 e. The number of aromatic nitrogens is 1. The van der Waals surface area contributed by atoms with Crippen LogP contribution in [0.1, 0.15) is 61.5 Å². The van der Waals surface area contributed by atoms with Crippen LogP contribution in [-0.4, -0.2) is 24.0 Å². The number of hydrogen-bond donors (Lipinski definition) is 2. The summed E-state index contributed by atoms with van der Waals surface area (Å²) in [6.07, 6.45) is 6.70. The first kappa shape index (κ1) is 20.7. The molecule has 6 heteroatoms. The van der Waals surface area contributed by atoms with Crippen molar-refractivity contribution in [3.8, 4) is 0 Å². The van der Waals surface area contributed by atoms with Gasteiger partial charge >= 0.3 is 0 Å². The molecule has 1 heterocycles. The van der Waals surface area contributed by atoms with E-state index in [1.807, 2.05) is 0 Å². The molecule has 1 saturated carbocycles. The summed E-state index contributed by atoms with van der Waals surface area (Å²) in [7, 11) is 0. The van der Waals surface area contributed by atoms with Crippen molar-refractivity contribution >= 4 is 41.3 Å². The number of nitrogens with zero attached hydrogens (tertiary/aromatic N) is 2. The molecule has 0 aliphatic heterocycles. The van der Waals surface area contributed by atoms with E-state index in [0.29, 0.717) is 12.0 Å². The summed E-state index contributed by atoms with van der Waals surface area (Å²) < 4.78 is 0. The van der Waals surface area contributed by atoms with E-state index in [2.05, 4.69) is 43.3 Å². The van der Waals surface area contributed by atoms with Crippen molar-refractivity contribution in [3.63, 3.8) is 0 Å². The molecule has 0 atom stereocenters. The SMILES string of the molecule is CCNC(=NCc1nc(C)c(C)s1)NCC1(CC)CCCC1.I. The first-order chi connectivity index (χ1) is 10.6. The topological polar surface area (TPSA) is 49.3 Å². The first-order valence-corrected chi connectivity index (χ1v) is 9.35. The van der Waals surface area contributed by atoms with E-state index in [1.165, 1.54) is 37.0 Å². The van der Waals surface area contributed by atoms with Crippen LogP contribution in [0.4, 0.5) is 0 Å². The van der Waals surface area contributed by atoms with Gasteiger partial charge in [-0.1, -0.05) is 19.8 Å². The number of nitrogens with one attached hydrogen (secondary N) is 2. The van der Waals surface area contributed by atoms with E-state index in [4.69, 9.17) is 4.99 Å². The highest BCUT2D eigenvalue weighted by atomic mass is 127. The minimum Gasteiger partial charge on any atom is -0.357 e. The van der Waals surface area contributed by atoms with Crippen LogP contribution in [0.2, 0.25) is 0 Å². The Balaban J connectivity index is 0.00000264. The Bertz CT molecular complexity index is 487. The summed E-state index contributed by atoms with van der Waals surface area (Å²) in [6.45, 7) is 11.2. The molecule has 0 unspecified atom stereocenters. The molecule has 1 aromatic rings. The van der Waals surface area contributed by atoms with Gasteiger partial charge in [0.1, 0.15) is 5.01 Å². The minimum absolute atomic E-state index is 0. The zero-order chi connectivity index (χ0) is 16.0. The van der Waals surface area contributed by atoms with Gasteiger partial charge in [-0.25, -0.2) is 9.98 Å². The van der Waals surface area contributed by atoms with Crippen LogP contribution in [0, 0.1) is 19.3 Å². The first-order valence-electron chi connectivity index (χ1n) is 8.53. The van der Waals surface area contributed by atoms with Crippen molar-refractivity contribution < 1.29 is 0 Å². The average molecular weight is 450 g/mol. The lowest BCUT2D eigenvalue weighted by Crippen LogP contribution is -2.42. The third kappa shape index (κ3) is 5.89. The second-order valence-corrected chi connectivity index (χ2v) is 7.65. The molecular weight excluding hydrogens is 419 g/mol. The molecule has 0 radical (unpaired) electrons. The predicted octanol–water partition coefficient (Wildman–Crippen LogP) is 4.40. The average Bonchev–Trinajstić information content (AvgIpc) is 3.10. The van der Waals surface area contributed by atoms with Gasteiger partial charge in [-0.2, -0.15) is 0 Å². The molecule has 1 fully saturated rings. The van der Waals surface area contributed by atoms with Crippen molar-refractivity contribution in [2.24, 2.45) is 10.4 Å². The smallest absolute Gasteiger partial charge is 0.191 e. The van der Waals surface area contributed by atoms with Crippen LogP contribution in [0.5, 0.6) is 0 Å².